The van der Waals surface area contributed by atoms with Crippen molar-refractivity contribution >= 4 is 80.3 Å². The maximum absolute atomic E-state index is 6.36. The molecule has 248 valence electrons. The lowest BCUT2D eigenvalue weighted by Gasteiger charge is -2.42. The highest BCUT2D eigenvalue weighted by Gasteiger charge is 2.65. The smallest absolute Gasteiger partial charge is 0.377 e. The lowest BCUT2D eigenvalue weighted by molar-refractivity contribution is 0.0471. The van der Waals surface area contributed by atoms with E-state index < -0.39 is 26.4 Å². The van der Waals surface area contributed by atoms with Gasteiger partial charge in [-0.1, -0.05) is 21.6 Å². The maximum Gasteiger partial charge on any atom is 0.508 e. The minimum Gasteiger partial charge on any atom is -0.377 e. The van der Waals surface area contributed by atoms with E-state index >= 15 is 0 Å². The fourth-order valence-corrected chi connectivity index (χ4v) is 22.8. The van der Waals surface area contributed by atoms with Gasteiger partial charge < -0.3 is 39.8 Å². The van der Waals surface area contributed by atoms with Gasteiger partial charge in [0.2, 0.25) is 0 Å². The van der Waals surface area contributed by atoms with Crippen molar-refractivity contribution < 1.29 is 39.8 Å². The molecule has 0 aromatic heterocycles. The molecule has 0 saturated heterocycles. The van der Waals surface area contributed by atoms with Gasteiger partial charge in [0.1, 0.15) is 5.16 Å². The van der Waals surface area contributed by atoms with Gasteiger partial charge in [0.05, 0.1) is 0 Å². The molecule has 0 radical (unpaired) electrons. The Bertz CT molecular complexity index is 577. The molecule has 0 spiro atoms. The molecule has 0 saturated carbocycles. The zero-order valence-electron chi connectivity index (χ0n) is 26.6. The van der Waals surface area contributed by atoms with Crippen molar-refractivity contribution in [2.75, 3.05) is 72.5 Å². The van der Waals surface area contributed by atoms with Crippen LogP contribution in [0.1, 0.15) is 67.2 Å². The largest absolute Gasteiger partial charge is 0.508 e. The molecule has 0 heterocycles. The van der Waals surface area contributed by atoms with E-state index in [0.29, 0.717) is 39.6 Å². The van der Waals surface area contributed by atoms with Gasteiger partial charge in [-0.05, 0) is 92.6 Å². The molecule has 0 aliphatic heterocycles. The van der Waals surface area contributed by atoms with Crippen LogP contribution in [0.4, 0.5) is 0 Å². The molecule has 0 aromatic rings. The summed E-state index contributed by atoms with van der Waals surface area (Å²) in [6.07, 6.45) is 3.70. The summed E-state index contributed by atoms with van der Waals surface area (Å²) in [5.41, 5.74) is 0. The van der Waals surface area contributed by atoms with E-state index in [0.717, 1.165) is 43.2 Å². The van der Waals surface area contributed by atoms with Crippen molar-refractivity contribution in [3.05, 3.63) is 0 Å². The summed E-state index contributed by atoms with van der Waals surface area (Å²) >= 11 is 4.49. The van der Waals surface area contributed by atoms with Gasteiger partial charge in [-0.3, -0.25) is 0 Å². The standard InChI is InChI=1S/C24H56O9S5Si3/c1-10-28-39(29-11-2,30-12-3)21-17-20-35-37-38-36-23(18-16-19-34)22-24(40(25-7,26-8)27-9)41(31-13-4,32-14-5)33-15-6/h23-24,34H,10-22H2,1-9H3. The van der Waals surface area contributed by atoms with Crippen LogP contribution >= 0.6 is 53.9 Å². The maximum atomic E-state index is 6.36. The van der Waals surface area contributed by atoms with Crippen LogP contribution in [0.2, 0.25) is 11.2 Å². The fraction of sp³-hybridized carbons (Fsp3) is 1.00. The molecule has 41 heavy (non-hydrogen) atoms. The molecule has 0 aliphatic rings. The van der Waals surface area contributed by atoms with Crippen molar-refractivity contribution in [3.63, 3.8) is 0 Å². The summed E-state index contributed by atoms with van der Waals surface area (Å²) in [5, 5.41) is 0.0130. The molecule has 17 heteroatoms. The van der Waals surface area contributed by atoms with Gasteiger partial charge in [0.15, 0.2) is 0 Å². The lowest BCUT2D eigenvalue weighted by Crippen LogP contribution is -2.63. The Hall–Kier alpha value is 2.04. The van der Waals surface area contributed by atoms with Gasteiger partial charge >= 0.3 is 26.4 Å². The van der Waals surface area contributed by atoms with Crippen LogP contribution in [-0.4, -0.2) is 104 Å². The van der Waals surface area contributed by atoms with Crippen LogP contribution in [0.5, 0.6) is 0 Å². The van der Waals surface area contributed by atoms with E-state index in [9.17, 15) is 0 Å². The Morgan fingerprint density at radius 3 is 1.54 bits per heavy atom. The molecule has 9 nitrogen and oxygen atoms in total. The molecular formula is C24H56O9S5Si3. The SMILES string of the molecule is CCO[Si](CCCSSSSC(CCCS)CC([Si](OC)(OC)OC)[Si](OCC)(OCC)OCC)(OCC)OCC. The molecule has 2 unspecified atom stereocenters. The first-order chi connectivity index (χ1) is 19.8. The Morgan fingerprint density at radius 1 is 0.634 bits per heavy atom. The molecule has 0 aromatic carbocycles. The second-order valence-electron chi connectivity index (χ2n) is 8.53. The highest BCUT2D eigenvalue weighted by molar-refractivity contribution is 9.26. The molecule has 0 N–H and O–H groups in total. The molecule has 0 bridgehead atoms. The van der Waals surface area contributed by atoms with E-state index in [2.05, 4.69) is 12.6 Å². The second-order valence-corrected chi connectivity index (χ2v) is 24.5. The Kier molecular flexibility index (Phi) is 27.4. The van der Waals surface area contributed by atoms with Gasteiger partial charge in [-0.15, -0.1) is 0 Å². The number of hydrogen-bond acceptors (Lipinski definition) is 14. The average Bonchev–Trinajstić information content (AvgIpc) is 2.96. The minimum absolute atomic E-state index is 0.265. The molecule has 0 fully saturated rings. The molecular weight excluding hydrogens is 677 g/mol. The van der Waals surface area contributed by atoms with Crippen LogP contribution in [0.15, 0.2) is 0 Å². The Balaban J connectivity index is 5.50. The summed E-state index contributed by atoms with van der Waals surface area (Å²) in [6, 6.07) is 0.830. The van der Waals surface area contributed by atoms with Crippen LogP contribution in [-0.2, 0) is 39.8 Å². The number of hydrogen-bond donors (Lipinski definition) is 1. The van der Waals surface area contributed by atoms with Crippen LogP contribution < -0.4 is 0 Å². The summed E-state index contributed by atoms with van der Waals surface area (Å²) in [5.74, 6) is 1.82. The van der Waals surface area contributed by atoms with Crippen molar-refractivity contribution in [1.82, 2.24) is 0 Å². The molecule has 2 atom stereocenters. The van der Waals surface area contributed by atoms with Gasteiger partial charge in [-0.2, -0.15) is 12.6 Å². The third kappa shape index (κ3) is 15.5. The second kappa shape index (κ2) is 26.1. The molecule has 0 rings (SSSR count). The van der Waals surface area contributed by atoms with E-state index in [-0.39, 0.29) is 10.4 Å². The molecule has 0 aliphatic carbocycles. The third-order valence-corrected chi connectivity index (χ3v) is 24.5. The van der Waals surface area contributed by atoms with E-state index in [1.807, 2.05) is 63.1 Å². The monoisotopic (exact) mass is 732 g/mol. The number of thiol groups is 1. The first-order valence-corrected chi connectivity index (χ1v) is 25.8. The zero-order valence-corrected chi connectivity index (χ0v) is 33.8. The zero-order chi connectivity index (χ0) is 31.0. The molecule has 0 amide bonds. The minimum atomic E-state index is -3.23. The van der Waals surface area contributed by atoms with Gasteiger partial charge in [0.25, 0.3) is 0 Å². The Morgan fingerprint density at radius 2 is 1.12 bits per heavy atom. The van der Waals surface area contributed by atoms with E-state index in [1.54, 1.807) is 41.0 Å². The highest BCUT2D eigenvalue weighted by atomic mass is 33.7. The Labute approximate surface area is 274 Å². The normalized spacial score (nSPS) is 14.5. The highest BCUT2D eigenvalue weighted by Crippen LogP contribution is 2.50. The van der Waals surface area contributed by atoms with Crippen LogP contribution in [0.25, 0.3) is 0 Å². The predicted molar refractivity (Wildman–Crippen MR) is 188 cm³/mol. The quantitative estimate of drug-likeness (QED) is 0.0345. The summed E-state index contributed by atoms with van der Waals surface area (Å²) in [4.78, 5) is 0. The van der Waals surface area contributed by atoms with Crippen LogP contribution in [0.3, 0.4) is 0 Å². The lowest BCUT2D eigenvalue weighted by atomic mass is 10.2. The summed E-state index contributed by atoms with van der Waals surface area (Å²) in [7, 11) is 3.24. The summed E-state index contributed by atoms with van der Waals surface area (Å²) in [6.45, 7) is 15.1. The average molecular weight is 733 g/mol. The van der Waals surface area contributed by atoms with Crippen molar-refractivity contribution in [2.45, 2.75) is 83.7 Å². The number of rotatable bonds is 30. The van der Waals surface area contributed by atoms with Crippen molar-refractivity contribution in [2.24, 2.45) is 0 Å². The van der Waals surface area contributed by atoms with Gasteiger partial charge in [-0.25, -0.2) is 0 Å². The van der Waals surface area contributed by atoms with Gasteiger partial charge in [0, 0.05) is 78.0 Å². The first kappa shape index (κ1) is 43.0. The third-order valence-electron chi connectivity index (χ3n) is 5.98. The van der Waals surface area contributed by atoms with E-state index in [1.165, 1.54) is 0 Å². The predicted octanol–water partition coefficient (Wildman–Crippen LogP) is 7.41. The topological polar surface area (TPSA) is 83.1 Å². The first-order valence-electron chi connectivity index (χ1n) is 14.5. The summed E-state index contributed by atoms with van der Waals surface area (Å²) < 4.78 is 55.1. The van der Waals surface area contributed by atoms with Crippen molar-refractivity contribution in [1.29, 1.82) is 0 Å². The van der Waals surface area contributed by atoms with Crippen molar-refractivity contribution in [3.8, 4) is 0 Å². The fourth-order valence-electron chi connectivity index (χ4n) is 4.47. The van der Waals surface area contributed by atoms with Crippen LogP contribution in [0, 0.1) is 0 Å². The van der Waals surface area contributed by atoms with E-state index in [4.69, 9.17) is 39.8 Å².